The van der Waals surface area contributed by atoms with Gasteiger partial charge in [0, 0.05) is 25.0 Å². The van der Waals surface area contributed by atoms with Crippen LogP contribution in [0, 0.1) is 0 Å². The van der Waals surface area contributed by atoms with E-state index in [1.807, 2.05) is 6.07 Å². The van der Waals surface area contributed by atoms with E-state index in [9.17, 15) is 0 Å². The maximum atomic E-state index is 5.79. The third kappa shape index (κ3) is 4.87. The third-order valence-electron chi connectivity index (χ3n) is 3.82. The van der Waals surface area contributed by atoms with Crippen molar-refractivity contribution in [3.63, 3.8) is 0 Å². The molecule has 1 aliphatic heterocycles. The number of nitrogens with zero attached hydrogens (tertiary/aromatic N) is 1. The topological polar surface area (TPSA) is 30.9 Å². The molecule has 0 saturated carbocycles. The van der Waals surface area contributed by atoms with E-state index in [-0.39, 0.29) is 0 Å². The number of methoxy groups -OCH3 is 2. The molecule has 1 aromatic carbocycles. The summed E-state index contributed by atoms with van der Waals surface area (Å²) in [6.45, 7) is 3.93. The summed E-state index contributed by atoms with van der Waals surface area (Å²) in [6.07, 6.45) is 2.64. The molecule has 1 heterocycles. The van der Waals surface area contributed by atoms with Crippen LogP contribution in [0.1, 0.15) is 18.4 Å². The molecule has 1 aliphatic rings. The number of likely N-dealkylation sites (tertiary alicyclic amines) is 1. The minimum Gasteiger partial charge on any atom is -0.493 e. The Kier molecular flexibility index (Phi) is 6.80. The van der Waals surface area contributed by atoms with E-state index >= 15 is 0 Å². The Hall–Kier alpha value is -0.780. The van der Waals surface area contributed by atoms with Crippen molar-refractivity contribution in [2.24, 2.45) is 0 Å². The molecule has 2 rings (SSSR count). The highest BCUT2D eigenvalue weighted by Crippen LogP contribution is 2.28. The standard InChI is InChI=1S/C16H24BrNO3/c1-19-15-4-3-13(11-16(15)20-2)12-18-8-5-14(6-9-18)21-10-7-17/h3-4,11,14H,5-10,12H2,1-2H3. The molecular formula is C16H24BrNO3. The molecule has 5 heteroatoms. The highest BCUT2D eigenvalue weighted by atomic mass is 79.9. The van der Waals surface area contributed by atoms with Crippen LogP contribution in [0.5, 0.6) is 11.5 Å². The van der Waals surface area contributed by atoms with Crippen LogP contribution in [0.15, 0.2) is 18.2 Å². The van der Waals surface area contributed by atoms with Gasteiger partial charge in [-0.3, -0.25) is 4.90 Å². The van der Waals surface area contributed by atoms with E-state index in [0.717, 1.165) is 55.9 Å². The number of alkyl halides is 1. The molecule has 0 amide bonds. The fourth-order valence-corrected chi connectivity index (χ4v) is 2.87. The van der Waals surface area contributed by atoms with Crippen LogP contribution in [-0.2, 0) is 11.3 Å². The molecule has 1 aromatic rings. The second-order valence-electron chi connectivity index (χ2n) is 5.22. The third-order valence-corrected chi connectivity index (χ3v) is 4.14. The van der Waals surface area contributed by atoms with Gasteiger partial charge in [0.05, 0.1) is 26.9 Å². The first-order chi connectivity index (χ1) is 10.3. The van der Waals surface area contributed by atoms with Gasteiger partial charge in [-0.25, -0.2) is 0 Å². The monoisotopic (exact) mass is 357 g/mol. The molecule has 118 valence electrons. The first kappa shape index (κ1) is 16.6. The van der Waals surface area contributed by atoms with E-state index in [0.29, 0.717) is 6.10 Å². The van der Waals surface area contributed by atoms with Crippen LogP contribution >= 0.6 is 15.9 Å². The molecular weight excluding hydrogens is 334 g/mol. The van der Waals surface area contributed by atoms with Crippen LogP contribution in [0.4, 0.5) is 0 Å². The first-order valence-electron chi connectivity index (χ1n) is 7.37. The number of halogens is 1. The van der Waals surface area contributed by atoms with Crippen LogP contribution in [0.3, 0.4) is 0 Å². The molecule has 21 heavy (non-hydrogen) atoms. The Morgan fingerprint density at radius 3 is 2.48 bits per heavy atom. The zero-order valence-corrected chi connectivity index (χ0v) is 14.4. The average molecular weight is 358 g/mol. The van der Waals surface area contributed by atoms with Gasteiger partial charge in [0.2, 0.25) is 0 Å². The quantitative estimate of drug-likeness (QED) is 0.701. The SMILES string of the molecule is COc1ccc(CN2CCC(OCCBr)CC2)cc1OC. The molecule has 0 bridgehead atoms. The van der Waals surface area contributed by atoms with Gasteiger partial charge in [-0.05, 0) is 30.5 Å². The van der Waals surface area contributed by atoms with Gasteiger partial charge in [-0.2, -0.15) is 0 Å². The van der Waals surface area contributed by atoms with Crippen LogP contribution < -0.4 is 9.47 Å². The minimum absolute atomic E-state index is 0.421. The van der Waals surface area contributed by atoms with Gasteiger partial charge in [-0.1, -0.05) is 22.0 Å². The highest BCUT2D eigenvalue weighted by molar-refractivity contribution is 9.09. The summed E-state index contributed by atoms with van der Waals surface area (Å²) >= 11 is 3.40. The Labute approximate surface area is 135 Å². The predicted molar refractivity (Wildman–Crippen MR) is 87.6 cm³/mol. The van der Waals surface area contributed by atoms with Crippen molar-refractivity contribution in [3.8, 4) is 11.5 Å². The number of piperidine rings is 1. The van der Waals surface area contributed by atoms with E-state index in [1.54, 1.807) is 14.2 Å². The Bertz CT molecular complexity index is 434. The van der Waals surface area contributed by atoms with Crippen molar-refractivity contribution in [1.82, 2.24) is 4.90 Å². The zero-order valence-electron chi connectivity index (χ0n) is 12.8. The van der Waals surface area contributed by atoms with Crippen molar-refractivity contribution in [2.75, 3.05) is 39.2 Å². The molecule has 0 spiro atoms. The molecule has 1 saturated heterocycles. The molecule has 0 aromatic heterocycles. The van der Waals surface area contributed by atoms with E-state index in [1.165, 1.54) is 5.56 Å². The largest absolute Gasteiger partial charge is 0.493 e. The molecule has 0 unspecified atom stereocenters. The van der Waals surface area contributed by atoms with E-state index < -0.39 is 0 Å². The van der Waals surface area contributed by atoms with Crippen molar-refractivity contribution >= 4 is 15.9 Å². The maximum Gasteiger partial charge on any atom is 0.161 e. The lowest BCUT2D eigenvalue weighted by Gasteiger charge is -2.31. The van der Waals surface area contributed by atoms with Crippen molar-refractivity contribution in [1.29, 1.82) is 0 Å². The molecule has 0 radical (unpaired) electrons. The lowest BCUT2D eigenvalue weighted by Crippen LogP contribution is -2.36. The summed E-state index contributed by atoms with van der Waals surface area (Å²) < 4.78 is 16.4. The van der Waals surface area contributed by atoms with Gasteiger partial charge < -0.3 is 14.2 Å². The lowest BCUT2D eigenvalue weighted by atomic mass is 10.1. The van der Waals surface area contributed by atoms with Gasteiger partial charge in [0.25, 0.3) is 0 Å². The Morgan fingerprint density at radius 2 is 1.86 bits per heavy atom. The average Bonchev–Trinajstić information content (AvgIpc) is 2.54. The number of ether oxygens (including phenoxy) is 3. The fraction of sp³-hybridized carbons (Fsp3) is 0.625. The number of rotatable bonds is 7. The summed E-state index contributed by atoms with van der Waals surface area (Å²) in [6, 6.07) is 6.14. The van der Waals surface area contributed by atoms with Crippen molar-refractivity contribution in [2.45, 2.75) is 25.5 Å². The van der Waals surface area contributed by atoms with Crippen molar-refractivity contribution < 1.29 is 14.2 Å². The molecule has 0 N–H and O–H groups in total. The number of benzene rings is 1. The molecule has 0 atom stereocenters. The van der Waals surface area contributed by atoms with Gasteiger partial charge >= 0.3 is 0 Å². The van der Waals surface area contributed by atoms with Crippen LogP contribution in [0.25, 0.3) is 0 Å². The van der Waals surface area contributed by atoms with E-state index in [4.69, 9.17) is 14.2 Å². The maximum absolute atomic E-state index is 5.79. The summed E-state index contributed by atoms with van der Waals surface area (Å²) in [5.41, 5.74) is 1.26. The van der Waals surface area contributed by atoms with E-state index in [2.05, 4.69) is 33.0 Å². The second-order valence-corrected chi connectivity index (χ2v) is 6.02. The molecule has 1 fully saturated rings. The second kappa shape index (κ2) is 8.61. The summed E-state index contributed by atoms with van der Waals surface area (Å²) in [7, 11) is 3.34. The summed E-state index contributed by atoms with van der Waals surface area (Å²) in [5, 5.41) is 0.916. The highest BCUT2D eigenvalue weighted by Gasteiger charge is 2.19. The number of hydrogen-bond acceptors (Lipinski definition) is 4. The molecule has 4 nitrogen and oxygen atoms in total. The smallest absolute Gasteiger partial charge is 0.161 e. The van der Waals surface area contributed by atoms with Gasteiger partial charge in [0.1, 0.15) is 0 Å². The predicted octanol–water partition coefficient (Wildman–Crippen LogP) is 3.08. The Balaban J connectivity index is 1.86. The lowest BCUT2D eigenvalue weighted by molar-refractivity contribution is 0.0141. The zero-order chi connectivity index (χ0) is 15.1. The normalized spacial score (nSPS) is 16.9. The minimum atomic E-state index is 0.421. The number of hydrogen-bond donors (Lipinski definition) is 0. The van der Waals surface area contributed by atoms with Crippen molar-refractivity contribution in [3.05, 3.63) is 23.8 Å². The Morgan fingerprint density at radius 1 is 1.14 bits per heavy atom. The fourth-order valence-electron chi connectivity index (χ4n) is 2.68. The van der Waals surface area contributed by atoms with Crippen LogP contribution in [0.2, 0.25) is 0 Å². The summed E-state index contributed by atoms with van der Waals surface area (Å²) in [5.74, 6) is 1.58. The van der Waals surface area contributed by atoms with Crippen LogP contribution in [-0.4, -0.2) is 50.2 Å². The van der Waals surface area contributed by atoms with Gasteiger partial charge in [0.15, 0.2) is 11.5 Å². The molecule has 0 aliphatic carbocycles. The summed E-state index contributed by atoms with van der Waals surface area (Å²) in [4.78, 5) is 2.47. The first-order valence-corrected chi connectivity index (χ1v) is 8.49. The van der Waals surface area contributed by atoms with Gasteiger partial charge in [-0.15, -0.1) is 0 Å².